The van der Waals surface area contributed by atoms with Crippen molar-refractivity contribution in [3.8, 4) is 0 Å². The van der Waals surface area contributed by atoms with Crippen LogP contribution in [0.15, 0.2) is 18.2 Å². The summed E-state index contributed by atoms with van der Waals surface area (Å²) in [6, 6.07) is 5.77. The molecule has 4 rings (SSSR count). The molecule has 0 aromatic heterocycles. The quantitative estimate of drug-likeness (QED) is 0.798. The molecule has 2 saturated carbocycles. The summed E-state index contributed by atoms with van der Waals surface area (Å²) in [5, 5.41) is 0. The summed E-state index contributed by atoms with van der Waals surface area (Å²) < 4.78 is 33.1. The Kier molecular flexibility index (Phi) is 3.50. The van der Waals surface area contributed by atoms with E-state index in [0.29, 0.717) is 17.0 Å². The molecule has 0 heterocycles. The molecule has 0 unspecified atom stereocenters. The molecular weight excluding hydrogens is 310 g/mol. The predicted molar refractivity (Wildman–Crippen MR) is 90.8 cm³/mol. The minimum Gasteiger partial charge on any atom is -0.269 e. The molecule has 0 amide bonds. The fraction of sp³-hybridized carbons (Fsp3) is 0.667. The molecule has 2 fully saturated rings. The van der Waals surface area contributed by atoms with Crippen LogP contribution in [0.5, 0.6) is 0 Å². The molecule has 1 aromatic rings. The van der Waals surface area contributed by atoms with Crippen LogP contribution in [0.3, 0.4) is 0 Å². The third-order valence-electron chi connectivity index (χ3n) is 6.75. The number of nitrogens with one attached hydrogen (secondary N) is 1. The van der Waals surface area contributed by atoms with Gasteiger partial charge in [0.2, 0.25) is 0 Å². The van der Waals surface area contributed by atoms with Crippen molar-refractivity contribution in [3.63, 3.8) is 0 Å². The Bertz CT molecular complexity index is 730. The van der Waals surface area contributed by atoms with Crippen molar-refractivity contribution in [1.29, 1.82) is 0 Å². The van der Waals surface area contributed by atoms with E-state index < -0.39 is 10.3 Å². The first-order valence-electron chi connectivity index (χ1n) is 8.74. The molecule has 0 bridgehead atoms. The van der Waals surface area contributed by atoms with Crippen LogP contribution in [0.4, 0.5) is 5.69 Å². The first kappa shape index (κ1) is 15.5. The molecule has 0 saturated heterocycles. The maximum Gasteiger partial charge on any atom is 0.357 e. The SMILES string of the molecule is C[C@@]12CCC[C@H]1[C@@H]1CCc3cc(NS(=O)(=O)O)ccc3[C@H]1CC2. The van der Waals surface area contributed by atoms with Crippen molar-refractivity contribution in [3.05, 3.63) is 29.3 Å². The summed E-state index contributed by atoms with van der Waals surface area (Å²) in [4.78, 5) is 0. The van der Waals surface area contributed by atoms with Crippen LogP contribution < -0.4 is 4.72 Å². The summed E-state index contributed by atoms with van der Waals surface area (Å²) in [7, 11) is -4.20. The monoisotopic (exact) mass is 335 g/mol. The first-order chi connectivity index (χ1) is 10.9. The summed E-state index contributed by atoms with van der Waals surface area (Å²) in [5.74, 6) is 2.30. The van der Waals surface area contributed by atoms with Crippen LogP contribution in [-0.4, -0.2) is 13.0 Å². The van der Waals surface area contributed by atoms with Crippen molar-refractivity contribution in [1.82, 2.24) is 0 Å². The Morgan fingerprint density at radius 3 is 2.83 bits per heavy atom. The van der Waals surface area contributed by atoms with Crippen LogP contribution in [0.25, 0.3) is 0 Å². The lowest BCUT2D eigenvalue weighted by Gasteiger charge is -2.49. The molecule has 0 aliphatic heterocycles. The van der Waals surface area contributed by atoms with Gasteiger partial charge < -0.3 is 0 Å². The molecule has 23 heavy (non-hydrogen) atoms. The van der Waals surface area contributed by atoms with Crippen molar-refractivity contribution in [2.75, 3.05) is 4.72 Å². The molecule has 0 radical (unpaired) electrons. The zero-order chi connectivity index (χ0) is 16.2. The Balaban J connectivity index is 1.64. The second-order valence-electron chi connectivity index (χ2n) is 7.99. The van der Waals surface area contributed by atoms with Crippen LogP contribution in [0.2, 0.25) is 0 Å². The lowest BCUT2D eigenvalue weighted by atomic mass is 9.56. The van der Waals surface area contributed by atoms with Crippen molar-refractivity contribution in [2.24, 2.45) is 17.3 Å². The highest BCUT2D eigenvalue weighted by Crippen LogP contribution is 2.60. The molecule has 1 aromatic carbocycles. The van der Waals surface area contributed by atoms with Gasteiger partial charge in [0.25, 0.3) is 0 Å². The average molecular weight is 335 g/mol. The summed E-state index contributed by atoms with van der Waals surface area (Å²) >= 11 is 0. The lowest BCUT2D eigenvalue weighted by molar-refractivity contribution is 0.0599. The van der Waals surface area contributed by atoms with Gasteiger partial charge in [0.15, 0.2) is 0 Å². The van der Waals surface area contributed by atoms with Crippen molar-refractivity contribution in [2.45, 2.75) is 57.8 Å². The summed E-state index contributed by atoms with van der Waals surface area (Å²) in [5.41, 5.74) is 3.69. The second-order valence-corrected chi connectivity index (χ2v) is 9.15. The third kappa shape index (κ3) is 2.68. The number of anilines is 1. The van der Waals surface area contributed by atoms with Gasteiger partial charge >= 0.3 is 10.3 Å². The molecule has 5 heteroatoms. The van der Waals surface area contributed by atoms with Crippen molar-refractivity contribution < 1.29 is 13.0 Å². The number of fused-ring (bicyclic) bond motifs is 5. The Hall–Kier alpha value is -1.07. The zero-order valence-corrected chi connectivity index (χ0v) is 14.4. The van der Waals surface area contributed by atoms with E-state index >= 15 is 0 Å². The van der Waals surface area contributed by atoms with Crippen LogP contribution in [0.1, 0.15) is 62.5 Å². The fourth-order valence-corrected chi connectivity index (χ4v) is 6.21. The number of rotatable bonds is 2. The molecule has 0 spiro atoms. The van der Waals surface area contributed by atoms with E-state index in [-0.39, 0.29) is 0 Å². The topological polar surface area (TPSA) is 66.4 Å². The number of aryl methyl sites for hydroxylation is 1. The molecule has 4 atom stereocenters. The van der Waals surface area contributed by atoms with E-state index in [1.54, 1.807) is 6.07 Å². The first-order valence-corrected chi connectivity index (χ1v) is 10.2. The third-order valence-corrected chi connectivity index (χ3v) is 7.25. The molecular formula is C18H25NO3S. The highest BCUT2D eigenvalue weighted by atomic mass is 32.2. The summed E-state index contributed by atoms with van der Waals surface area (Å²) in [6.07, 6.45) is 8.98. The second kappa shape index (κ2) is 5.21. The number of hydrogen-bond donors (Lipinski definition) is 2. The van der Waals surface area contributed by atoms with Gasteiger partial charge in [-0.05, 0) is 85.0 Å². The Morgan fingerprint density at radius 2 is 2.04 bits per heavy atom. The fourth-order valence-electron chi connectivity index (χ4n) is 5.79. The molecule has 3 aliphatic rings. The van der Waals surface area contributed by atoms with Crippen LogP contribution in [0, 0.1) is 17.3 Å². The maximum absolute atomic E-state index is 11.0. The largest absolute Gasteiger partial charge is 0.357 e. The van der Waals surface area contributed by atoms with E-state index in [9.17, 15) is 8.42 Å². The maximum atomic E-state index is 11.0. The Morgan fingerprint density at radius 1 is 1.22 bits per heavy atom. The van der Waals surface area contributed by atoms with Gasteiger partial charge in [-0.2, -0.15) is 8.42 Å². The van der Waals surface area contributed by atoms with Gasteiger partial charge in [-0.3, -0.25) is 9.27 Å². The van der Waals surface area contributed by atoms with Crippen LogP contribution in [-0.2, 0) is 16.7 Å². The Labute approximate surface area is 138 Å². The van der Waals surface area contributed by atoms with Gasteiger partial charge in [-0.1, -0.05) is 19.4 Å². The van der Waals surface area contributed by atoms with E-state index in [0.717, 1.165) is 18.3 Å². The minimum absolute atomic E-state index is 0.464. The zero-order valence-electron chi connectivity index (χ0n) is 13.6. The predicted octanol–water partition coefficient (Wildman–Crippen LogP) is 4.15. The smallest absolute Gasteiger partial charge is 0.269 e. The van der Waals surface area contributed by atoms with Gasteiger partial charge in [0.05, 0.1) is 5.69 Å². The van der Waals surface area contributed by atoms with E-state index in [2.05, 4.69) is 17.7 Å². The lowest BCUT2D eigenvalue weighted by Crippen LogP contribution is -2.39. The molecule has 126 valence electrons. The molecule has 2 N–H and O–H groups in total. The van der Waals surface area contributed by atoms with Gasteiger partial charge in [0, 0.05) is 0 Å². The standard InChI is InChI=1S/C18H25NO3S/c1-18-9-2-3-17(18)16-6-4-12-11-13(19-23(20,21)22)5-7-14(12)15(16)8-10-18/h5,7,11,15-17,19H,2-4,6,8-10H2,1H3,(H,20,21,22)/t15-,16-,17+,18+/m1/s1. The normalized spacial score (nSPS) is 36.0. The summed E-state index contributed by atoms with van der Waals surface area (Å²) in [6.45, 7) is 2.50. The minimum atomic E-state index is -4.20. The van der Waals surface area contributed by atoms with Gasteiger partial charge in [-0.15, -0.1) is 0 Å². The molecule has 4 nitrogen and oxygen atoms in total. The average Bonchev–Trinajstić information content (AvgIpc) is 2.86. The van der Waals surface area contributed by atoms with Gasteiger partial charge in [0.1, 0.15) is 0 Å². The van der Waals surface area contributed by atoms with Crippen molar-refractivity contribution >= 4 is 16.0 Å². The number of hydrogen-bond acceptors (Lipinski definition) is 2. The van der Waals surface area contributed by atoms with E-state index in [1.807, 2.05) is 6.07 Å². The van der Waals surface area contributed by atoms with Crippen LogP contribution >= 0.6 is 0 Å². The molecule has 3 aliphatic carbocycles. The van der Waals surface area contributed by atoms with Gasteiger partial charge in [-0.25, -0.2) is 0 Å². The highest BCUT2D eigenvalue weighted by molar-refractivity contribution is 7.87. The van der Waals surface area contributed by atoms with E-state index in [1.165, 1.54) is 49.7 Å². The highest BCUT2D eigenvalue weighted by Gasteiger charge is 2.50. The number of benzene rings is 1. The van der Waals surface area contributed by atoms with E-state index in [4.69, 9.17) is 4.55 Å².